The van der Waals surface area contributed by atoms with Crippen LogP contribution >= 0.6 is 0 Å². The molecular formula is C24H24N6O4. The van der Waals surface area contributed by atoms with Crippen LogP contribution in [0.2, 0.25) is 0 Å². The Hall–Kier alpha value is -3.63. The van der Waals surface area contributed by atoms with Crippen molar-refractivity contribution in [2.45, 2.75) is 43.5 Å². The number of likely N-dealkylation sites (tertiary alicyclic amines) is 1. The first-order valence-corrected chi connectivity index (χ1v) is 11.3. The van der Waals surface area contributed by atoms with Crippen LogP contribution in [-0.4, -0.2) is 61.7 Å². The average Bonchev–Trinajstić information content (AvgIpc) is 3.55. The Morgan fingerprint density at radius 3 is 2.85 bits per heavy atom. The van der Waals surface area contributed by atoms with Crippen molar-refractivity contribution >= 4 is 11.8 Å². The van der Waals surface area contributed by atoms with Gasteiger partial charge in [-0.2, -0.15) is 5.10 Å². The second kappa shape index (κ2) is 7.44. The van der Waals surface area contributed by atoms with Crippen molar-refractivity contribution in [3.63, 3.8) is 0 Å². The molecule has 2 fully saturated rings. The Bertz CT molecular complexity index is 1340. The molecule has 2 aromatic heterocycles. The second-order valence-electron chi connectivity index (χ2n) is 9.23. The van der Waals surface area contributed by atoms with E-state index in [2.05, 4.69) is 15.2 Å². The predicted octanol–water partition coefficient (Wildman–Crippen LogP) is 1.46. The van der Waals surface area contributed by atoms with Crippen molar-refractivity contribution in [1.82, 2.24) is 25.1 Å². The maximum Gasteiger partial charge on any atom is 0.267 e. The molecule has 0 aliphatic carbocycles. The zero-order chi connectivity index (χ0) is 23.6. The summed E-state index contributed by atoms with van der Waals surface area (Å²) in [5.41, 5.74) is 8.23. The van der Waals surface area contributed by atoms with Gasteiger partial charge in [0, 0.05) is 43.1 Å². The largest absolute Gasteiger partial charge is 0.374 e. The number of nitrogens with one attached hydrogen (secondary N) is 1. The van der Waals surface area contributed by atoms with Crippen molar-refractivity contribution in [2.24, 2.45) is 5.73 Å². The molecule has 4 N–H and O–H groups in total. The fraction of sp³-hybridized carbons (Fsp3) is 0.375. The van der Waals surface area contributed by atoms with Crippen LogP contribution in [0.25, 0.3) is 22.6 Å². The lowest BCUT2D eigenvalue weighted by Gasteiger charge is -2.24. The van der Waals surface area contributed by atoms with E-state index in [0.29, 0.717) is 42.2 Å². The average molecular weight is 460 g/mol. The highest BCUT2D eigenvalue weighted by atomic mass is 16.5. The summed E-state index contributed by atoms with van der Waals surface area (Å²) in [4.78, 5) is 35.5. The van der Waals surface area contributed by atoms with Crippen LogP contribution in [0.1, 0.15) is 52.8 Å². The first kappa shape index (κ1) is 20.9. The summed E-state index contributed by atoms with van der Waals surface area (Å²) in [6, 6.07) is 9.14. The van der Waals surface area contributed by atoms with Crippen LogP contribution in [0, 0.1) is 0 Å². The maximum absolute atomic E-state index is 12.4. The fourth-order valence-electron chi connectivity index (χ4n) is 5.21. The molecule has 10 nitrogen and oxygen atoms in total. The molecular weight excluding hydrogens is 436 g/mol. The van der Waals surface area contributed by atoms with Gasteiger partial charge in [0.2, 0.25) is 0 Å². The second-order valence-corrected chi connectivity index (χ2v) is 9.23. The van der Waals surface area contributed by atoms with Gasteiger partial charge in [-0.05, 0) is 25.0 Å². The van der Waals surface area contributed by atoms with E-state index in [1.54, 1.807) is 13.1 Å². The number of aromatic nitrogens is 4. The van der Waals surface area contributed by atoms with Crippen LogP contribution in [0.5, 0.6) is 0 Å². The first-order chi connectivity index (χ1) is 16.3. The van der Waals surface area contributed by atoms with E-state index in [1.165, 1.54) is 4.90 Å². The van der Waals surface area contributed by atoms with Crippen molar-refractivity contribution in [3.05, 3.63) is 53.0 Å². The van der Waals surface area contributed by atoms with Gasteiger partial charge in [0.05, 0.1) is 29.3 Å². The summed E-state index contributed by atoms with van der Waals surface area (Å²) < 4.78 is 5.96. The summed E-state index contributed by atoms with van der Waals surface area (Å²) in [6.07, 6.45) is 2.62. The Kier molecular flexibility index (Phi) is 4.58. The SMILES string of the molecule is CN1CC[C@@](O)(c2cc(-c3cccc(-c4nc5c(c(C(N)=O)n4)[C@H]4CC[C@@H](C5)O4)c3)n[nH]2)C1=O. The quantitative estimate of drug-likeness (QED) is 0.534. The van der Waals surface area contributed by atoms with Gasteiger partial charge in [-0.25, -0.2) is 9.97 Å². The van der Waals surface area contributed by atoms with Crippen LogP contribution in [0.4, 0.5) is 0 Å². The first-order valence-electron chi connectivity index (χ1n) is 11.3. The highest BCUT2D eigenvalue weighted by molar-refractivity contribution is 5.93. The minimum Gasteiger partial charge on any atom is -0.374 e. The number of hydrogen-bond donors (Lipinski definition) is 3. The number of likely N-dealkylation sites (N-methyl/N-ethyl adjacent to an activating group) is 1. The normalized spacial score (nSPS) is 25.6. The Morgan fingerprint density at radius 2 is 2.09 bits per heavy atom. The van der Waals surface area contributed by atoms with E-state index >= 15 is 0 Å². The number of benzene rings is 1. The van der Waals surface area contributed by atoms with E-state index in [0.717, 1.165) is 29.7 Å². The molecule has 174 valence electrons. The fourth-order valence-corrected chi connectivity index (χ4v) is 5.21. The number of aliphatic hydroxyl groups is 1. The molecule has 2 amide bonds. The van der Waals surface area contributed by atoms with Gasteiger partial charge in [0.25, 0.3) is 11.8 Å². The van der Waals surface area contributed by atoms with Gasteiger partial charge >= 0.3 is 0 Å². The Labute approximate surface area is 195 Å². The minimum atomic E-state index is -1.60. The molecule has 1 aromatic carbocycles. The highest BCUT2D eigenvalue weighted by Crippen LogP contribution is 2.42. The van der Waals surface area contributed by atoms with E-state index in [9.17, 15) is 14.7 Å². The van der Waals surface area contributed by atoms with Crippen molar-refractivity contribution in [3.8, 4) is 22.6 Å². The molecule has 2 bridgehead atoms. The number of carbonyl (C=O) groups excluding carboxylic acids is 2. The third-order valence-corrected chi connectivity index (χ3v) is 7.06. The van der Waals surface area contributed by atoms with Crippen LogP contribution in [0.15, 0.2) is 30.3 Å². The Balaban J connectivity index is 1.38. The van der Waals surface area contributed by atoms with E-state index < -0.39 is 11.5 Å². The molecule has 3 atom stereocenters. The molecule has 3 aromatic rings. The highest BCUT2D eigenvalue weighted by Gasteiger charge is 2.46. The number of rotatable bonds is 4. The van der Waals surface area contributed by atoms with Gasteiger partial charge in [-0.1, -0.05) is 18.2 Å². The number of nitrogens with zero attached hydrogens (tertiary/aromatic N) is 4. The number of aromatic amines is 1. The monoisotopic (exact) mass is 460 g/mol. The maximum atomic E-state index is 12.4. The lowest BCUT2D eigenvalue weighted by atomic mass is 9.97. The molecule has 0 radical (unpaired) electrons. The van der Waals surface area contributed by atoms with Crippen LogP contribution in [0.3, 0.4) is 0 Å². The molecule has 0 spiro atoms. The number of ether oxygens (including phenoxy) is 1. The molecule has 0 saturated carbocycles. The molecule has 0 unspecified atom stereocenters. The van der Waals surface area contributed by atoms with E-state index in [-0.39, 0.29) is 23.8 Å². The Morgan fingerprint density at radius 1 is 1.26 bits per heavy atom. The number of carbonyl (C=O) groups is 2. The molecule has 6 rings (SSSR count). The van der Waals surface area contributed by atoms with Gasteiger partial charge in [0.15, 0.2) is 11.4 Å². The lowest BCUT2D eigenvalue weighted by molar-refractivity contribution is -0.143. The molecule has 3 aliphatic rings. The van der Waals surface area contributed by atoms with Gasteiger partial charge in [-0.3, -0.25) is 14.7 Å². The van der Waals surface area contributed by atoms with Crippen LogP contribution < -0.4 is 5.73 Å². The molecule has 2 saturated heterocycles. The molecule has 3 aliphatic heterocycles. The molecule has 5 heterocycles. The molecule has 34 heavy (non-hydrogen) atoms. The predicted molar refractivity (Wildman–Crippen MR) is 120 cm³/mol. The van der Waals surface area contributed by atoms with Crippen molar-refractivity contribution < 1.29 is 19.4 Å². The summed E-state index contributed by atoms with van der Waals surface area (Å²) >= 11 is 0. The van der Waals surface area contributed by atoms with Gasteiger partial charge in [-0.15, -0.1) is 0 Å². The number of primary amides is 1. The van der Waals surface area contributed by atoms with Crippen molar-refractivity contribution in [1.29, 1.82) is 0 Å². The number of amides is 2. The van der Waals surface area contributed by atoms with Crippen LogP contribution in [-0.2, 0) is 21.6 Å². The standard InChI is InChI=1S/C24H24N6O4/c1-30-8-7-24(33,23(30)32)18-11-15(28-29-18)12-3-2-4-13(9-12)22-26-16-10-14-5-6-17(34-14)19(16)20(27-22)21(25)31/h2-4,9,11,14,17,33H,5-8,10H2,1H3,(H2,25,31)(H,28,29)/t14-,17+,24+/m0/s1. The number of nitrogens with two attached hydrogens (primary N) is 1. The topological polar surface area (TPSA) is 147 Å². The minimum absolute atomic E-state index is 0.109. The lowest BCUT2D eigenvalue weighted by Crippen LogP contribution is -2.36. The molecule has 10 heteroatoms. The van der Waals surface area contributed by atoms with Crippen molar-refractivity contribution in [2.75, 3.05) is 13.6 Å². The summed E-state index contributed by atoms with van der Waals surface area (Å²) in [6.45, 7) is 0.476. The third-order valence-electron chi connectivity index (χ3n) is 7.06. The summed E-state index contributed by atoms with van der Waals surface area (Å²) in [7, 11) is 1.66. The van der Waals surface area contributed by atoms with E-state index in [1.807, 2.05) is 24.3 Å². The zero-order valence-corrected chi connectivity index (χ0v) is 18.6. The summed E-state index contributed by atoms with van der Waals surface area (Å²) in [5, 5.41) is 18.1. The smallest absolute Gasteiger partial charge is 0.267 e. The third kappa shape index (κ3) is 3.13. The number of H-pyrrole nitrogens is 1. The van der Waals surface area contributed by atoms with Gasteiger partial charge < -0.3 is 20.5 Å². The summed E-state index contributed by atoms with van der Waals surface area (Å²) in [5.74, 6) is -0.532. The van der Waals surface area contributed by atoms with Gasteiger partial charge in [0.1, 0.15) is 5.69 Å². The van der Waals surface area contributed by atoms with E-state index in [4.69, 9.17) is 15.5 Å². The number of fused-ring (bicyclic) bond motifs is 4. The zero-order valence-electron chi connectivity index (χ0n) is 18.6. The number of hydrogen-bond acceptors (Lipinski definition) is 7.